The van der Waals surface area contributed by atoms with E-state index in [1.165, 1.54) is 11.1 Å². The number of thioether (sulfide) groups is 1. The Labute approximate surface area is 166 Å². The SMILES string of the molecule is CSc1nnc(CCCNS(=O)(=O)c2ccc3c(c2)CCC3)n1CC(C)C. The van der Waals surface area contributed by atoms with Gasteiger partial charge in [-0.3, -0.25) is 0 Å². The van der Waals surface area contributed by atoms with Crippen LogP contribution in [0.5, 0.6) is 0 Å². The minimum absolute atomic E-state index is 0.371. The molecular formula is C19H28N4O2S2. The number of fused-ring (bicyclic) bond motifs is 1. The molecule has 1 aliphatic carbocycles. The molecule has 1 aliphatic rings. The van der Waals surface area contributed by atoms with E-state index in [1.54, 1.807) is 17.8 Å². The molecule has 148 valence electrons. The fourth-order valence-corrected chi connectivity index (χ4v) is 5.10. The van der Waals surface area contributed by atoms with Gasteiger partial charge in [0, 0.05) is 19.5 Å². The zero-order valence-corrected chi connectivity index (χ0v) is 17.9. The Morgan fingerprint density at radius 1 is 1.22 bits per heavy atom. The summed E-state index contributed by atoms with van der Waals surface area (Å²) in [5.74, 6) is 1.42. The monoisotopic (exact) mass is 408 g/mol. The van der Waals surface area contributed by atoms with Crippen LogP contribution in [0.4, 0.5) is 0 Å². The summed E-state index contributed by atoms with van der Waals surface area (Å²) in [6.45, 7) is 5.60. The van der Waals surface area contributed by atoms with E-state index in [4.69, 9.17) is 0 Å². The van der Waals surface area contributed by atoms with E-state index in [2.05, 4.69) is 33.3 Å². The minimum atomic E-state index is -3.46. The van der Waals surface area contributed by atoms with Crippen LogP contribution in [0.25, 0.3) is 0 Å². The molecule has 0 atom stereocenters. The summed E-state index contributed by atoms with van der Waals surface area (Å²) in [4.78, 5) is 0.371. The number of aromatic nitrogens is 3. The number of aryl methyl sites for hydroxylation is 3. The van der Waals surface area contributed by atoms with Crippen LogP contribution >= 0.6 is 11.8 Å². The van der Waals surface area contributed by atoms with Crippen molar-refractivity contribution in [3.05, 3.63) is 35.2 Å². The van der Waals surface area contributed by atoms with Crippen molar-refractivity contribution in [3.8, 4) is 0 Å². The summed E-state index contributed by atoms with van der Waals surface area (Å²) in [5.41, 5.74) is 2.45. The van der Waals surface area contributed by atoms with Gasteiger partial charge in [0.2, 0.25) is 10.0 Å². The number of nitrogens with one attached hydrogen (secondary N) is 1. The molecule has 0 aliphatic heterocycles. The van der Waals surface area contributed by atoms with Crippen LogP contribution in [0, 0.1) is 5.92 Å². The van der Waals surface area contributed by atoms with Gasteiger partial charge in [-0.05, 0) is 61.1 Å². The van der Waals surface area contributed by atoms with Gasteiger partial charge in [0.25, 0.3) is 0 Å². The standard InChI is InChI=1S/C19H28N4O2S2/c1-14(2)13-23-18(21-22-19(23)26-3)8-5-11-20-27(24,25)17-10-9-15-6-4-7-16(15)12-17/h9-10,12,14,20H,4-8,11,13H2,1-3H3. The van der Waals surface area contributed by atoms with E-state index >= 15 is 0 Å². The van der Waals surface area contributed by atoms with Crippen molar-refractivity contribution in [2.75, 3.05) is 12.8 Å². The highest BCUT2D eigenvalue weighted by Crippen LogP contribution is 2.24. The molecule has 0 amide bonds. The maximum absolute atomic E-state index is 12.6. The molecule has 1 aromatic heterocycles. The molecule has 0 spiro atoms. The predicted molar refractivity (Wildman–Crippen MR) is 109 cm³/mol. The third-order valence-electron chi connectivity index (χ3n) is 4.77. The van der Waals surface area contributed by atoms with E-state index in [0.29, 0.717) is 30.2 Å². The topological polar surface area (TPSA) is 76.9 Å². The maximum Gasteiger partial charge on any atom is 0.240 e. The lowest BCUT2D eigenvalue weighted by molar-refractivity contribution is 0.477. The highest BCUT2D eigenvalue weighted by Gasteiger charge is 2.18. The Hall–Kier alpha value is -1.38. The molecule has 1 aromatic carbocycles. The van der Waals surface area contributed by atoms with Crippen molar-refractivity contribution in [2.24, 2.45) is 5.92 Å². The lowest BCUT2D eigenvalue weighted by Gasteiger charge is -2.12. The lowest BCUT2D eigenvalue weighted by atomic mass is 10.1. The Morgan fingerprint density at radius 2 is 2.00 bits per heavy atom. The molecule has 27 heavy (non-hydrogen) atoms. The van der Waals surface area contributed by atoms with Gasteiger partial charge >= 0.3 is 0 Å². The average Bonchev–Trinajstić information content (AvgIpc) is 3.24. The molecular weight excluding hydrogens is 380 g/mol. The van der Waals surface area contributed by atoms with E-state index in [0.717, 1.165) is 36.8 Å². The largest absolute Gasteiger partial charge is 0.306 e. The fraction of sp³-hybridized carbons (Fsp3) is 0.579. The van der Waals surface area contributed by atoms with E-state index < -0.39 is 10.0 Å². The summed E-state index contributed by atoms with van der Waals surface area (Å²) in [5, 5.41) is 9.43. The molecule has 1 heterocycles. The van der Waals surface area contributed by atoms with Gasteiger partial charge in [0.1, 0.15) is 5.82 Å². The number of hydrogen-bond donors (Lipinski definition) is 1. The first-order valence-electron chi connectivity index (χ1n) is 9.48. The number of benzene rings is 1. The molecule has 2 aromatic rings. The number of rotatable bonds is 9. The number of nitrogens with zero attached hydrogens (tertiary/aromatic N) is 3. The second kappa shape index (κ2) is 8.75. The molecule has 0 radical (unpaired) electrons. The van der Waals surface area contributed by atoms with Crippen LogP contribution < -0.4 is 4.72 Å². The van der Waals surface area contributed by atoms with Crippen LogP contribution in [0.15, 0.2) is 28.3 Å². The van der Waals surface area contributed by atoms with Crippen LogP contribution in [-0.2, 0) is 35.8 Å². The van der Waals surface area contributed by atoms with Crippen molar-refractivity contribution >= 4 is 21.8 Å². The first-order chi connectivity index (χ1) is 12.9. The summed E-state index contributed by atoms with van der Waals surface area (Å²) >= 11 is 1.59. The molecule has 8 heteroatoms. The molecule has 3 rings (SSSR count). The lowest BCUT2D eigenvalue weighted by Crippen LogP contribution is -2.25. The Bertz CT molecular complexity index is 891. The third kappa shape index (κ3) is 4.92. The van der Waals surface area contributed by atoms with Crippen molar-refractivity contribution in [1.82, 2.24) is 19.5 Å². The smallest absolute Gasteiger partial charge is 0.240 e. The number of hydrogen-bond acceptors (Lipinski definition) is 5. The zero-order chi connectivity index (χ0) is 19.4. The first-order valence-corrected chi connectivity index (χ1v) is 12.2. The Morgan fingerprint density at radius 3 is 2.74 bits per heavy atom. The molecule has 0 saturated heterocycles. The van der Waals surface area contributed by atoms with Gasteiger partial charge in [0.05, 0.1) is 4.90 Å². The molecule has 0 saturated carbocycles. The van der Waals surface area contributed by atoms with Gasteiger partial charge in [0.15, 0.2) is 5.16 Å². The predicted octanol–water partition coefficient (Wildman–Crippen LogP) is 3.06. The van der Waals surface area contributed by atoms with Gasteiger partial charge < -0.3 is 4.57 Å². The summed E-state index contributed by atoms with van der Waals surface area (Å²) in [6.07, 6.45) is 6.53. The molecule has 0 unspecified atom stereocenters. The Balaban J connectivity index is 1.58. The number of sulfonamides is 1. The molecule has 0 fully saturated rings. The molecule has 0 bridgehead atoms. The van der Waals surface area contributed by atoms with E-state index in [1.807, 2.05) is 18.4 Å². The van der Waals surface area contributed by atoms with Crippen molar-refractivity contribution in [3.63, 3.8) is 0 Å². The average molecular weight is 409 g/mol. The second-order valence-corrected chi connectivity index (χ2v) is 9.93. The quantitative estimate of drug-likeness (QED) is 0.510. The Kier molecular flexibility index (Phi) is 6.60. The van der Waals surface area contributed by atoms with Crippen LogP contribution in [0.3, 0.4) is 0 Å². The van der Waals surface area contributed by atoms with Crippen LogP contribution in [-0.4, -0.2) is 36.0 Å². The van der Waals surface area contributed by atoms with E-state index in [9.17, 15) is 8.42 Å². The van der Waals surface area contributed by atoms with Crippen LogP contribution in [0.2, 0.25) is 0 Å². The minimum Gasteiger partial charge on any atom is -0.306 e. The zero-order valence-electron chi connectivity index (χ0n) is 16.2. The van der Waals surface area contributed by atoms with Crippen molar-refractivity contribution in [2.45, 2.75) is 62.5 Å². The molecule has 1 N–H and O–H groups in total. The van der Waals surface area contributed by atoms with Gasteiger partial charge in [-0.2, -0.15) is 0 Å². The third-order valence-corrected chi connectivity index (χ3v) is 6.90. The summed E-state index contributed by atoms with van der Waals surface area (Å²) in [7, 11) is -3.46. The maximum atomic E-state index is 12.6. The highest BCUT2D eigenvalue weighted by atomic mass is 32.2. The van der Waals surface area contributed by atoms with Crippen molar-refractivity contribution < 1.29 is 8.42 Å². The van der Waals surface area contributed by atoms with Gasteiger partial charge in [-0.1, -0.05) is 31.7 Å². The summed E-state index contributed by atoms with van der Waals surface area (Å²) in [6, 6.07) is 5.50. The second-order valence-electron chi connectivity index (χ2n) is 7.39. The highest BCUT2D eigenvalue weighted by molar-refractivity contribution is 7.98. The van der Waals surface area contributed by atoms with Crippen LogP contribution in [0.1, 0.15) is 43.6 Å². The van der Waals surface area contributed by atoms with Crippen molar-refractivity contribution in [1.29, 1.82) is 0 Å². The van der Waals surface area contributed by atoms with Gasteiger partial charge in [-0.25, -0.2) is 13.1 Å². The summed E-state index contributed by atoms with van der Waals surface area (Å²) < 4.78 is 30.0. The normalized spacial score (nSPS) is 14.1. The van der Waals surface area contributed by atoms with Gasteiger partial charge in [-0.15, -0.1) is 10.2 Å². The first kappa shape index (κ1) is 20.4. The molecule has 6 nitrogen and oxygen atoms in total. The van der Waals surface area contributed by atoms with E-state index in [-0.39, 0.29) is 0 Å². The fourth-order valence-electron chi connectivity index (χ4n) is 3.46.